The smallest absolute Gasteiger partial charge is 0.180 e. The van der Waals surface area contributed by atoms with E-state index in [0.717, 1.165) is 0 Å². The zero-order chi connectivity index (χ0) is 10.6. The summed E-state index contributed by atoms with van der Waals surface area (Å²) in [6.45, 7) is 0. The normalized spacial score (nSPS) is 8.00. The van der Waals surface area contributed by atoms with Gasteiger partial charge in [0.15, 0.2) is 19.2 Å². The van der Waals surface area contributed by atoms with Crippen LogP contribution < -0.4 is 0 Å². The minimum atomic E-state index is 1.38. The lowest BCUT2D eigenvalue weighted by molar-refractivity contribution is 0.557. The zero-order valence-electron chi connectivity index (χ0n) is 7.76. The van der Waals surface area contributed by atoms with E-state index in [0.29, 0.717) is 0 Å². The predicted molar refractivity (Wildman–Crippen MR) is 49.5 cm³/mol. The van der Waals surface area contributed by atoms with Crippen molar-refractivity contribution in [3.05, 3.63) is 56.6 Å². The van der Waals surface area contributed by atoms with Gasteiger partial charge in [-0.3, -0.25) is 0 Å². The Morgan fingerprint density at radius 1 is 0.533 bits per heavy atom. The van der Waals surface area contributed by atoms with Crippen molar-refractivity contribution in [2.24, 2.45) is 0 Å². The van der Waals surface area contributed by atoms with Crippen molar-refractivity contribution < 1.29 is 13.3 Å². The molecule has 0 spiro atoms. The van der Waals surface area contributed by atoms with E-state index in [1.807, 2.05) is 0 Å². The van der Waals surface area contributed by atoms with Gasteiger partial charge >= 0.3 is 0 Å². The molecule has 3 rings (SSSR count). The Morgan fingerprint density at radius 2 is 0.867 bits per heavy atom. The Kier molecular flexibility index (Phi) is 5.88. The molecule has 0 amide bonds. The average molecular weight is 207 g/mol. The third-order valence-corrected chi connectivity index (χ3v) is 1.04. The molecule has 78 valence electrons. The Labute approximate surface area is 85.6 Å². The topological polar surface area (TPSA) is 78.1 Å². The van der Waals surface area contributed by atoms with Crippen LogP contribution in [-0.4, -0.2) is 15.0 Å². The van der Waals surface area contributed by atoms with E-state index < -0.39 is 0 Å². The maximum atomic E-state index is 4.47. The number of oxazole rings is 3. The van der Waals surface area contributed by atoms with Gasteiger partial charge < -0.3 is 13.3 Å². The fourth-order valence-corrected chi connectivity index (χ4v) is 0.527. The van der Waals surface area contributed by atoms with Crippen LogP contribution in [0.3, 0.4) is 0 Å². The molecule has 0 saturated carbocycles. The summed E-state index contributed by atoms with van der Waals surface area (Å²) in [5.74, 6) is 0. The third-order valence-electron chi connectivity index (χ3n) is 1.04. The van der Waals surface area contributed by atoms with Crippen molar-refractivity contribution >= 4 is 0 Å². The van der Waals surface area contributed by atoms with Crippen LogP contribution in [-0.2, 0) is 0 Å². The molecular formula is C9H9N3O3. The Hall–Kier alpha value is -2.37. The average Bonchev–Trinajstić information content (AvgIpc) is 3.09. The minimum absolute atomic E-state index is 1.38. The van der Waals surface area contributed by atoms with Crippen molar-refractivity contribution in [2.75, 3.05) is 0 Å². The van der Waals surface area contributed by atoms with Gasteiger partial charge in [0.2, 0.25) is 0 Å². The van der Waals surface area contributed by atoms with Gasteiger partial charge in [0, 0.05) is 0 Å². The van der Waals surface area contributed by atoms with Crippen LogP contribution in [0, 0.1) is 0 Å². The maximum absolute atomic E-state index is 4.47. The lowest BCUT2D eigenvalue weighted by Gasteiger charge is -1.47. The van der Waals surface area contributed by atoms with E-state index in [4.69, 9.17) is 0 Å². The first-order chi connectivity index (χ1) is 7.50. The molecule has 0 atom stereocenters. The van der Waals surface area contributed by atoms with Crippen LogP contribution in [0.4, 0.5) is 0 Å². The summed E-state index contributed by atoms with van der Waals surface area (Å²) in [5, 5.41) is 0. The number of rotatable bonds is 0. The summed E-state index contributed by atoms with van der Waals surface area (Å²) in [6.07, 6.45) is 13.4. The van der Waals surface area contributed by atoms with E-state index in [1.54, 1.807) is 18.6 Å². The lowest BCUT2D eigenvalue weighted by atomic mass is 11.0. The van der Waals surface area contributed by atoms with Gasteiger partial charge in [-0.15, -0.1) is 0 Å². The molecule has 0 unspecified atom stereocenters. The van der Waals surface area contributed by atoms with Gasteiger partial charge in [-0.05, 0) is 0 Å². The number of nitrogens with zero attached hydrogens (tertiary/aromatic N) is 3. The van der Waals surface area contributed by atoms with Gasteiger partial charge in [0.1, 0.15) is 18.8 Å². The fraction of sp³-hybridized carbons (Fsp3) is 0. The molecule has 0 aliphatic heterocycles. The SMILES string of the molecule is c1cocn1.c1cocn1.c1cocn1. The third kappa shape index (κ3) is 6.76. The highest BCUT2D eigenvalue weighted by atomic mass is 16.3. The lowest BCUT2D eigenvalue weighted by Crippen LogP contribution is -1.38. The summed E-state index contributed by atoms with van der Waals surface area (Å²) in [5.41, 5.74) is 0. The summed E-state index contributed by atoms with van der Waals surface area (Å²) in [7, 11) is 0. The molecule has 0 saturated heterocycles. The van der Waals surface area contributed by atoms with Crippen LogP contribution in [0.25, 0.3) is 0 Å². The van der Waals surface area contributed by atoms with E-state index in [-0.39, 0.29) is 0 Å². The second-order valence-electron chi connectivity index (χ2n) is 2.03. The van der Waals surface area contributed by atoms with Crippen molar-refractivity contribution in [3.8, 4) is 0 Å². The molecule has 0 bridgehead atoms. The van der Waals surface area contributed by atoms with Gasteiger partial charge in [-0.1, -0.05) is 0 Å². The highest BCUT2D eigenvalue weighted by Crippen LogP contribution is 1.73. The summed E-state index contributed by atoms with van der Waals surface area (Å²) in [4.78, 5) is 10.7. The predicted octanol–water partition coefficient (Wildman–Crippen LogP) is 2.02. The largest absolute Gasteiger partial charge is 0.452 e. The first-order valence-corrected chi connectivity index (χ1v) is 3.96. The Morgan fingerprint density at radius 3 is 0.933 bits per heavy atom. The number of aromatic nitrogens is 3. The molecule has 0 aliphatic carbocycles. The van der Waals surface area contributed by atoms with E-state index in [1.165, 1.54) is 38.0 Å². The van der Waals surface area contributed by atoms with Crippen molar-refractivity contribution in [3.63, 3.8) is 0 Å². The molecule has 0 aromatic carbocycles. The zero-order valence-corrected chi connectivity index (χ0v) is 7.76. The highest BCUT2D eigenvalue weighted by Gasteiger charge is 1.60. The molecule has 0 aliphatic rings. The molecule has 15 heavy (non-hydrogen) atoms. The fourth-order valence-electron chi connectivity index (χ4n) is 0.527. The van der Waals surface area contributed by atoms with Crippen molar-refractivity contribution in [1.82, 2.24) is 15.0 Å². The van der Waals surface area contributed by atoms with Crippen LogP contribution in [0.5, 0.6) is 0 Å². The Balaban J connectivity index is 0.000000112. The van der Waals surface area contributed by atoms with Gasteiger partial charge in [0.25, 0.3) is 0 Å². The van der Waals surface area contributed by atoms with E-state index in [9.17, 15) is 0 Å². The Bertz CT molecular complexity index is 253. The van der Waals surface area contributed by atoms with Crippen molar-refractivity contribution in [1.29, 1.82) is 0 Å². The van der Waals surface area contributed by atoms with Crippen LogP contribution in [0.1, 0.15) is 0 Å². The second kappa shape index (κ2) is 8.24. The number of hydrogen-bond acceptors (Lipinski definition) is 6. The molecule has 3 heterocycles. The molecule has 6 heteroatoms. The van der Waals surface area contributed by atoms with Gasteiger partial charge in [-0.25, -0.2) is 15.0 Å². The molecule has 0 fully saturated rings. The second-order valence-corrected chi connectivity index (χ2v) is 2.03. The highest BCUT2D eigenvalue weighted by molar-refractivity contribution is 4.57. The standard InChI is InChI=1S/3C3H3NO/c3*1-2-5-3-4-1/h3*1-3H. The molecule has 0 radical (unpaired) electrons. The number of hydrogen-bond donors (Lipinski definition) is 0. The molecule has 3 aromatic heterocycles. The molecular weight excluding hydrogens is 198 g/mol. The van der Waals surface area contributed by atoms with Crippen LogP contribution >= 0.6 is 0 Å². The maximum Gasteiger partial charge on any atom is 0.180 e. The first kappa shape index (κ1) is 10.7. The monoisotopic (exact) mass is 207 g/mol. The van der Waals surface area contributed by atoms with Gasteiger partial charge in [-0.2, -0.15) is 0 Å². The van der Waals surface area contributed by atoms with Crippen LogP contribution in [0.2, 0.25) is 0 Å². The van der Waals surface area contributed by atoms with Gasteiger partial charge in [0.05, 0.1) is 18.6 Å². The summed E-state index contributed by atoms with van der Waals surface area (Å²) < 4.78 is 13.4. The van der Waals surface area contributed by atoms with E-state index >= 15 is 0 Å². The van der Waals surface area contributed by atoms with Crippen LogP contribution in [0.15, 0.2) is 69.8 Å². The molecule has 3 aromatic rings. The molecule has 6 nitrogen and oxygen atoms in total. The molecule has 0 N–H and O–H groups in total. The van der Waals surface area contributed by atoms with E-state index in [2.05, 4.69) is 28.2 Å². The quantitative estimate of drug-likeness (QED) is 0.561. The summed E-state index contributed by atoms with van der Waals surface area (Å²) in [6, 6.07) is 0. The summed E-state index contributed by atoms with van der Waals surface area (Å²) >= 11 is 0. The first-order valence-electron chi connectivity index (χ1n) is 3.96. The minimum Gasteiger partial charge on any atom is -0.452 e. The van der Waals surface area contributed by atoms with Crippen molar-refractivity contribution in [2.45, 2.75) is 0 Å².